The number of hydrogen-bond donors (Lipinski definition) is 2. The SMILES string of the molecule is CN(C(=O)C1CCCN1c1nc2c(c(Nc3cc(C4CCCCC4)[nH]n3)n1)CCC2)c1ccccc1. The van der Waals surface area contributed by atoms with Crippen molar-refractivity contribution in [1.29, 1.82) is 0 Å². The van der Waals surface area contributed by atoms with Crippen LogP contribution in [0.3, 0.4) is 0 Å². The molecule has 1 aromatic carbocycles. The Kier molecular flexibility index (Phi) is 6.34. The lowest BCUT2D eigenvalue weighted by Gasteiger charge is -2.28. The molecule has 3 aromatic rings. The minimum Gasteiger partial charge on any atom is -0.329 e. The van der Waals surface area contributed by atoms with Crippen molar-refractivity contribution in [2.75, 3.05) is 28.7 Å². The van der Waals surface area contributed by atoms with Crippen LogP contribution in [-0.4, -0.2) is 45.7 Å². The average Bonchev–Trinajstić information content (AvgIpc) is 3.70. The molecule has 8 nitrogen and oxygen atoms in total. The van der Waals surface area contributed by atoms with Gasteiger partial charge in [0.15, 0.2) is 5.82 Å². The van der Waals surface area contributed by atoms with Crippen LogP contribution in [0.5, 0.6) is 0 Å². The molecule has 1 saturated heterocycles. The zero-order valence-corrected chi connectivity index (χ0v) is 21.0. The maximum Gasteiger partial charge on any atom is 0.249 e. The summed E-state index contributed by atoms with van der Waals surface area (Å²) in [5.41, 5.74) is 4.40. The van der Waals surface area contributed by atoms with Crippen molar-refractivity contribution < 1.29 is 4.79 Å². The third-order valence-electron chi connectivity index (χ3n) is 8.08. The first-order chi connectivity index (χ1) is 17.7. The van der Waals surface area contributed by atoms with Crippen molar-refractivity contribution in [3.05, 3.63) is 53.3 Å². The van der Waals surface area contributed by atoms with Gasteiger partial charge in [-0.1, -0.05) is 37.5 Å². The van der Waals surface area contributed by atoms with E-state index < -0.39 is 0 Å². The molecular weight excluding hydrogens is 450 g/mol. The second-order valence-electron chi connectivity index (χ2n) is 10.4. The van der Waals surface area contributed by atoms with E-state index in [0.29, 0.717) is 11.9 Å². The summed E-state index contributed by atoms with van der Waals surface area (Å²) in [7, 11) is 1.85. The Morgan fingerprint density at radius 2 is 1.86 bits per heavy atom. The van der Waals surface area contributed by atoms with Crippen molar-refractivity contribution in [3.8, 4) is 0 Å². The smallest absolute Gasteiger partial charge is 0.249 e. The van der Waals surface area contributed by atoms with Crippen molar-refractivity contribution in [2.24, 2.45) is 0 Å². The second-order valence-corrected chi connectivity index (χ2v) is 10.4. The first kappa shape index (κ1) is 23.0. The highest BCUT2D eigenvalue weighted by Gasteiger charge is 2.36. The lowest BCUT2D eigenvalue weighted by molar-refractivity contribution is -0.119. The Balaban J connectivity index is 1.25. The summed E-state index contributed by atoms with van der Waals surface area (Å²) < 4.78 is 0. The maximum atomic E-state index is 13.5. The summed E-state index contributed by atoms with van der Waals surface area (Å²) in [6.07, 6.45) is 11.2. The van der Waals surface area contributed by atoms with E-state index in [1.807, 2.05) is 37.4 Å². The molecule has 1 amide bonds. The molecule has 36 heavy (non-hydrogen) atoms. The number of carbonyl (C=O) groups is 1. The molecule has 188 valence electrons. The van der Waals surface area contributed by atoms with Gasteiger partial charge in [-0.25, -0.2) is 4.98 Å². The van der Waals surface area contributed by atoms with Crippen molar-refractivity contribution >= 4 is 29.2 Å². The van der Waals surface area contributed by atoms with E-state index in [-0.39, 0.29) is 11.9 Å². The topological polar surface area (TPSA) is 90.0 Å². The molecule has 2 fully saturated rings. The number of aromatic amines is 1. The van der Waals surface area contributed by atoms with E-state index in [1.165, 1.54) is 43.4 Å². The molecule has 6 rings (SSSR count). The van der Waals surface area contributed by atoms with Crippen LogP contribution in [-0.2, 0) is 17.6 Å². The number of likely N-dealkylation sites (N-methyl/N-ethyl adjacent to an activating group) is 1. The molecule has 2 aliphatic carbocycles. The number of para-hydroxylation sites is 1. The fourth-order valence-corrected chi connectivity index (χ4v) is 6.06. The number of nitrogens with zero attached hydrogens (tertiary/aromatic N) is 5. The van der Waals surface area contributed by atoms with Crippen LogP contribution >= 0.6 is 0 Å². The molecule has 2 N–H and O–H groups in total. The second kappa shape index (κ2) is 9.91. The van der Waals surface area contributed by atoms with Gasteiger partial charge in [0.1, 0.15) is 11.9 Å². The van der Waals surface area contributed by atoms with E-state index in [0.717, 1.165) is 61.7 Å². The molecule has 8 heteroatoms. The Bertz CT molecular complexity index is 1220. The van der Waals surface area contributed by atoms with Gasteiger partial charge in [0, 0.05) is 42.5 Å². The van der Waals surface area contributed by atoms with Crippen LogP contribution in [0.4, 0.5) is 23.3 Å². The molecular formula is C28H35N7O. The first-order valence-corrected chi connectivity index (χ1v) is 13.5. The normalized spacial score (nSPS) is 19.9. The van der Waals surface area contributed by atoms with Gasteiger partial charge in [0.05, 0.1) is 5.69 Å². The molecule has 2 aromatic heterocycles. The zero-order chi connectivity index (χ0) is 24.5. The highest BCUT2D eigenvalue weighted by Crippen LogP contribution is 2.35. The van der Waals surface area contributed by atoms with Gasteiger partial charge in [0.25, 0.3) is 0 Å². The highest BCUT2D eigenvalue weighted by molar-refractivity contribution is 5.98. The fraction of sp³-hybridized carbons (Fsp3) is 0.500. The summed E-state index contributed by atoms with van der Waals surface area (Å²) in [6.45, 7) is 0.783. The fourth-order valence-electron chi connectivity index (χ4n) is 6.06. The molecule has 0 radical (unpaired) electrons. The summed E-state index contributed by atoms with van der Waals surface area (Å²) in [5.74, 6) is 2.96. The number of nitrogens with one attached hydrogen (secondary N) is 2. The summed E-state index contributed by atoms with van der Waals surface area (Å²) in [5, 5.41) is 11.3. The van der Waals surface area contributed by atoms with Crippen LogP contribution in [0.1, 0.15) is 74.2 Å². The molecule has 3 aliphatic rings. The lowest BCUT2D eigenvalue weighted by Crippen LogP contribution is -2.45. The predicted octanol–water partition coefficient (Wildman–Crippen LogP) is 5.11. The molecule has 1 atom stereocenters. The number of anilines is 4. The van der Waals surface area contributed by atoms with Gasteiger partial charge >= 0.3 is 0 Å². The summed E-state index contributed by atoms with van der Waals surface area (Å²) >= 11 is 0. The van der Waals surface area contributed by atoms with Crippen molar-refractivity contribution in [1.82, 2.24) is 20.2 Å². The monoisotopic (exact) mass is 485 g/mol. The quantitative estimate of drug-likeness (QED) is 0.504. The number of amides is 1. The number of fused-ring (bicyclic) bond motifs is 1. The van der Waals surface area contributed by atoms with E-state index >= 15 is 0 Å². The molecule has 0 spiro atoms. The molecule has 0 bridgehead atoms. The molecule has 3 heterocycles. The minimum absolute atomic E-state index is 0.0849. The number of H-pyrrole nitrogens is 1. The number of hydrogen-bond acceptors (Lipinski definition) is 6. The van der Waals surface area contributed by atoms with E-state index in [2.05, 4.69) is 26.5 Å². The van der Waals surface area contributed by atoms with Gasteiger partial charge in [-0.15, -0.1) is 0 Å². The minimum atomic E-state index is -0.259. The summed E-state index contributed by atoms with van der Waals surface area (Å²) in [6, 6.07) is 11.7. The number of aryl methyl sites for hydroxylation is 1. The van der Waals surface area contributed by atoms with Crippen molar-refractivity contribution in [3.63, 3.8) is 0 Å². The van der Waals surface area contributed by atoms with Crippen molar-refractivity contribution in [2.45, 2.75) is 76.2 Å². The van der Waals surface area contributed by atoms with Crippen LogP contribution in [0.2, 0.25) is 0 Å². The van der Waals surface area contributed by atoms with E-state index in [1.54, 1.807) is 4.90 Å². The zero-order valence-electron chi connectivity index (χ0n) is 21.0. The largest absolute Gasteiger partial charge is 0.329 e. The summed E-state index contributed by atoms with van der Waals surface area (Å²) in [4.78, 5) is 27.3. The number of aromatic nitrogens is 4. The Hall–Kier alpha value is -3.42. The van der Waals surface area contributed by atoms with Crippen LogP contribution in [0.25, 0.3) is 0 Å². The third-order valence-corrected chi connectivity index (χ3v) is 8.08. The average molecular weight is 486 g/mol. The predicted molar refractivity (Wildman–Crippen MR) is 142 cm³/mol. The number of rotatable bonds is 6. The first-order valence-electron chi connectivity index (χ1n) is 13.5. The number of carbonyl (C=O) groups excluding carboxylic acids is 1. The third kappa shape index (κ3) is 4.45. The Morgan fingerprint density at radius 3 is 2.69 bits per heavy atom. The maximum absolute atomic E-state index is 13.5. The lowest BCUT2D eigenvalue weighted by atomic mass is 9.87. The highest BCUT2D eigenvalue weighted by atomic mass is 16.2. The van der Waals surface area contributed by atoms with Gasteiger partial charge < -0.3 is 15.1 Å². The van der Waals surface area contributed by atoms with Crippen LogP contribution in [0, 0.1) is 0 Å². The standard InChI is InChI=1S/C28H35N7O/c1-34(20-12-6-3-7-13-20)27(36)24-16-9-17-35(24)28-29-22-15-8-14-21(22)26(31-28)30-25-18-23(32-33-25)19-10-4-2-5-11-19/h3,6-7,12-13,18-19,24H,2,4-5,8-11,14-17H2,1H3,(H2,29,30,31,32,33). The van der Waals surface area contributed by atoms with Gasteiger partial charge in [-0.3, -0.25) is 9.89 Å². The Labute approximate surface area is 212 Å². The molecule has 1 aliphatic heterocycles. The molecule has 1 saturated carbocycles. The van der Waals surface area contributed by atoms with Gasteiger partial charge in [0.2, 0.25) is 11.9 Å². The van der Waals surface area contributed by atoms with E-state index in [4.69, 9.17) is 9.97 Å². The van der Waals surface area contributed by atoms with E-state index in [9.17, 15) is 4.79 Å². The number of benzene rings is 1. The van der Waals surface area contributed by atoms with Gasteiger partial charge in [-0.2, -0.15) is 10.1 Å². The van der Waals surface area contributed by atoms with Crippen LogP contribution < -0.4 is 15.1 Å². The molecule has 1 unspecified atom stereocenters. The van der Waals surface area contributed by atoms with Crippen LogP contribution in [0.15, 0.2) is 36.4 Å². The van der Waals surface area contributed by atoms with Gasteiger partial charge in [-0.05, 0) is 57.1 Å². The Morgan fingerprint density at radius 1 is 1.03 bits per heavy atom.